The van der Waals surface area contributed by atoms with Gasteiger partial charge in [-0.15, -0.1) is 11.3 Å². The Bertz CT molecular complexity index is 603. The number of hydrogen-bond donors (Lipinski definition) is 0. The fourth-order valence-electron chi connectivity index (χ4n) is 2.60. The first-order valence-corrected chi connectivity index (χ1v) is 7.52. The molecule has 0 unspecified atom stereocenters. The molecule has 4 heteroatoms. The van der Waals surface area contributed by atoms with Crippen LogP contribution in [0.15, 0.2) is 30.3 Å². The van der Waals surface area contributed by atoms with Crippen molar-refractivity contribution in [2.24, 2.45) is 0 Å². The second-order valence-electron chi connectivity index (χ2n) is 5.02. The zero-order chi connectivity index (χ0) is 13.9. The van der Waals surface area contributed by atoms with Crippen LogP contribution in [0.25, 0.3) is 0 Å². The lowest BCUT2D eigenvalue weighted by Crippen LogP contribution is -2.29. The molecule has 3 rings (SSSR count). The summed E-state index contributed by atoms with van der Waals surface area (Å²) in [5, 5.41) is 0. The molecule has 0 spiro atoms. The van der Waals surface area contributed by atoms with Crippen molar-refractivity contribution in [3.63, 3.8) is 0 Å². The molecule has 0 fully saturated rings. The molecule has 0 atom stereocenters. The summed E-state index contributed by atoms with van der Waals surface area (Å²) in [6.45, 7) is 2.93. The largest absolute Gasteiger partial charge is 0.497 e. The number of carbonyl (C=O) groups is 1. The monoisotopic (exact) mass is 287 g/mol. The molecule has 1 aromatic heterocycles. The molecule has 1 aliphatic heterocycles. The van der Waals surface area contributed by atoms with E-state index in [9.17, 15) is 4.79 Å². The average Bonchev–Trinajstić information content (AvgIpc) is 2.90. The van der Waals surface area contributed by atoms with Crippen molar-refractivity contribution in [1.82, 2.24) is 4.90 Å². The summed E-state index contributed by atoms with van der Waals surface area (Å²) in [5.41, 5.74) is 2.61. The Kier molecular flexibility index (Phi) is 3.85. The molecule has 0 aliphatic carbocycles. The maximum atomic E-state index is 10.8. The number of nitrogens with zero attached hydrogens (tertiary/aromatic N) is 1. The number of methoxy groups -OCH3 is 1. The number of aldehydes is 1. The molecular weight excluding hydrogens is 270 g/mol. The normalized spacial score (nSPS) is 14.8. The van der Waals surface area contributed by atoms with Crippen LogP contribution in [0.4, 0.5) is 0 Å². The minimum Gasteiger partial charge on any atom is -0.497 e. The van der Waals surface area contributed by atoms with Gasteiger partial charge in [-0.25, -0.2) is 0 Å². The lowest BCUT2D eigenvalue weighted by Gasteiger charge is -2.26. The molecular formula is C16H17NO2S. The van der Waals surface area contributed by atoms with E-state index in [1.807, 2.05) is 18.2 Å². The van der Waals surface area contributed by atoms with Gasteiger partial charge in [0.05, 0.1) is 12.0 Å². The van der Waals surface area contributed by atoms with Gasteiger partial charge in [-0.3, -0.25) is 9.69 Å². The third-order valence-electron chi connectivity index (χ3n) is 3.65. The molecule has 1 aromatic carbocycles. The number of carbonyl (C=O) groups excluding carboxylic acids is 1. The van der Waals surface area contributed by atoms with Crippen molar-refractivity contribution in [3.8, 4) is 5.75 Å². The van der Waals surface area contributed by atoms with E-state index in [0.717, 1.165) is 43.0 Å². The van der Waals surface area contributed by atoms with Crippen molar-refractivity contribution in [3.05, 3.63) is 51.2 Å². The number of thiophene rings is 1. The molecule has 0 N–H and O–H groups in total. The number of benzene rings is 1. The summed E-state index contributed by atoms with van der Waals surface area (Å²) < 4.78 is 5.18. The van der Waals surface area contributed by atoms with E-state index >= 15 is 0 Å². The Balaban J connectivity index is 1.68. The van der Waals surface area contributed by atoms with Crippen molar-refractivity contribution in [2.75, 3.05) is 13.7 Å². The third kappa shape index (κ3) is 2.76. The molecule has 104 valence electrons. The van der Waals surface area contributed by atoms with Gasteiger partial charge >= 0.3 is 0 Å². The molecule has 0 radical (unpaired) electrons. The predicted molar refractivity (Wildman–Crippen MR) is 80.5 cm³/mol. The van der Waals surface area contributed by atoms with Crippen LogP contribution in [0.3, 0.4) is 0 Å². The van der Waals surface area contributed by atoms with Crippen LogP contribution in [0.5, 0.6) is 5.75 Å². The summed E-state index contributed by atoms with van der Waals surface area (Å²) in [6.07, 6.45) is 2.00. The summed E-state index contributed by atoms with van der Waals surface area (Å²) in [4.78, 5) is 15.5. The zero-order valence-electron chi connectivity index (χ0n) is 11.5. The first kappa shape index (κ1) is 13.3. The number of fused-ring (bicyclic) bond motifs is 1. The van der Waals surface area contributed by atoms with Gasteiger partial charge in [0.2, 0.25) is 0 Å². The average molecular weight is 287 g/mol. The van der Waals surface area contributed by atoms with Gasteiger partial charge in [-0.05, 0) is 35.7 Å². The summed E-state index contributed by atoms with van der Waals surface area (Å²) in [7, 11) is 1.68. The molecule has 1 aliphatic rings. The van der Waals surface area contributed by atoms with Gasteiger partial charge in [0, 0.05) is 24.5 Å². The van der Waals surface area contributed by atoms with Crippen LogP contribution < -0.4 is 4.74 Å². The third-order valence-corrected chi connectivity index (χ3v) is 4.81. The smallest absolute Gasteiger partial charge is 0.160 e. The maximum Gasteiger partial charge on any atom is 0.160 e. The number of ether oxygens (including phenoxy) is 1. The van der Waals surface area contributed by atoms with Crippen molar-refractivity contribution < 1.29 is 9.53 Å². The lowest BCUT2D eigenvalue weighted by atomic mass is 10.1. The highest BCUT2D eigenvalue weighted by Crippen LogP contribution is 2.28. The van der Waals surface area contributed by atoms with E-state index in [-0.39, 0.29) is 0 Å². The minimum atomic E-state index is 0.848. The summed E-state index contributed by atoms with van der Waals surface area (Å²) in [6, 6.07) is 10.3. The van der Waals surface area contributed by atoms with Gasteiger partial charge in [0.15, 0.2) is 6.29 Å². The first-order chi connectivity index (χ1) is 9.78. The van der Waals surface area contributed by atoms with E-state index in [1.54, 1.807) is 18.4 Å². The molecule has 20 heavy (non-hydrogen) atoms. The van der Waals surface area contributed by atoms with Crippen LogP contribution in [0.2, 0.25) is 0 Å². The van der Waals surface area contributed by atoms with Crippen LogP contribution in [0.1, 0.15) is 25.7 Å². The second kappa shape index (κ2) is 5.77. The molecule has 2 heterocycles. The van der Waals surface area contributed by atoms with Gasteiger partial charge in [-0.2, -0.15) is 0 Å². The van der Waals surface area contributed by atoms with E-state index in [4.69, 9.17) is 4.74 Å². The lowest BCUT2D eigenvalue weighted by molar-refractivity contribution is 0.112. The molecule has 0 saturated carbocycles. The van der Waals surface area contributed by atoms with Crippen LogP contribution in [-0.4, -0.2) is 24.8 Å². The first-order valence-electron chi connectivity index (χ1n) is 6.70. The van der Waals surface area contributed by atoms with Crippen molar-refractivity contribution >= 4 is 17.6 Å². The standard InChI is InChI=1S/C16H17NO2S/c1-19-14-4-2-12(3-5-14)9-17-7-6-16-13(10-17)8-15(11-18)20-16/h2-5,8,11H,6-7,9-10H2,1H3. The van der Waals surface area contributed by atoms with E-state index in [1.165, 1.54) is 16.0 Å². The summed E-state index contributed by atoms with van der Waals surface area (Å²) in [5.74, 6) is 0.892. The van der Waals surface area contributed by atoms with Gasteiger partial charge < -0.3 is 4.74 Å². The zero-order valence-corrected chi connectivity index (χ0v) is 12.3. The van der Waals surface area contributed by atoms with Crippen LogP contribution in [-0.2, 0) is 19.5 Å². The van der Waals surface area contributed by atoms with E-state index < -0.39 is 0 Å². The molecule has 2 aromatic rings. The van der Waals surface area contributed by atoms with Crippen molar-refractivity contribution in [2.45, 2.75) is 19.5 Å². The Morgan fingerprint density at radius 1 is 1.35 bits per heavy atom. The van der Waals surface area contributed by atoms with Gasteiger partial charge in [0.25, 0.3) is 0 Å². The quantitative estimate of drug-likeness (QED) is 0.809. The Labute approximate surface area is 122 Å². The molecule has 0 bridgehead atoms. The Morgan fingerprint density at radius 2 is 2.15 bits per heavy atom. The highest BCUT2D eigenvalue weighted by Gasteiger charge is 2.19. The number of rotatable bonds is 4. The van der Waals surface area contributed by atoms with E-state index in [0.29, 0.717) is 0 Å². The van der Waals surface area contributed by atoms with Crippen molar-refractivity contribution in [1.29, 1.82) is 0 Å². The highest BCUT2D eigenvalue weighted by atomic mass is 32.1. The number of hydrogen-bond acceptors (Lipinski definition) is 4. The second-order valence-corrected chi connectivity index (χ2v) is 6.19. The Morgan fingerprint density at radius 3 is 2.85 bits per heavy atom. The Hall–Kier alpha value is -1.65. The van der Waals surface area contributed by atoms with E-state index in [2.05, 4.69) is 17.0 Å². The van der Waals surface area contributed by atoms with Crippen LogP contribution >= 0.6 is 11.3 Å². The fourth-order valence-corrected chi connectivity index (χ4v) is 3.58. The maximum absolute atomic E-state index is 10.8. The molecule has 0 amide bonds. The fraction of sp³-hybridized carbons (Fsp3) is 0.312. The van der Waals surface area contributed by atoms with Gasteiger partial charge in [0.1, 0.15) is 5.75 Å². The highest BCUT2D eigenvalue weighted by molar-refractivity contribution is 7.13. The SMILES string of the molecule is COc1ccc(CN2CCc3sc(C=O)cc3C2)cc1. The van der Waals surface area contributed by atoms with Gasteiger partial charge in [-0.1, -0.05) is 12.1 Å². The molecule has 0 saturated heterocycles. The topological polar surface area (TPSA) is 29.5 Å². The predicted octanol–water partition coefficient (Wildman–Crippen LogP) is 3.13. The van der Waals surface area contributed by atoms with Crippen LogP contribution in [0, 0.1) is 0 Å². The minimum absolute atomic E-state index is 0.848. The summed E-state index contributed by atoms with van der Waals surface area (Å²) >= 11 is 1.64. The molecule has 3 nitrogen and oxygen atoms in total.